The van der Waals surface area contributed by atoms with Crippen LogP contribution in [-0.2, 0) is 24.3 Å². The Balaban J connectivity index is 0.000000389. The van der Waals surface area contributed by atoms with Crippen molar-refractivity contribution < 1.29 is 27.5 Å². The summed E-state index contributed by atoms with van der Waals surface area (Å²) in [6.07, 6.45) is 5.80. The van der Waals surface area contributed by atoms with Gasteiger partial charge in [0.2, 0.25) is 15.9 Å². The molecule has 0 N–H and O–H groups in total. The second kappa shape index (κ2) is 16.2. The average molecular weight is 556 g/mol. The highest BCUT2D eigenvalue weighted by atomic mass is 32.2. The lowest BCUT2D eigenvalue weighted by Gasteiger charge is -2.34. The zero-order valence-corrected chi connectivity index (χ0v) is 25.7. The molecule has 1 aliphatic carbocycles. The fourth-order valence-corrected chi connectivity index (χ4v) is 6.10. The third kappa shape index (κ3) is 10.6. The molecule has 9 nitrogen and oxygen atoms in total. The van der Waals surface area contributed by atoms with Crippen LogP contribution in [0.15, 0.2) is 17.0 Å². The van der Waals surface area contributed by atoms with Crippen LogP contribution in [0.2, 0.25) is 0 Å². The molecule has 0 aromatic heterocycles. The van der Waals surface area contributed by atoms with E-state index in [4.69, 9.17) is 9.47 Å². The lowest BCUT2D eigenvalue weighted by molar-refractivity contribution is -0.130. The number of hydrogen-bond acceptors (Lipinski definition) is 7. The van der Waals surface area contributed by atoms with E-state index in [0.717, 1.165) is 43.1 Å². The summed E-state index contributed by atoms with van der Waals surface area (Å²) in [7, 11) is 5.31. The average Bonchev–Trinajstić information content (AvgIpc) is 2.83. The molecule has 0 atom stereocenters. The molecule has 218 valence electrons. The van der Waals surface area contributed by atoms with Crippen LogP contribution in [0.4, 0.5) is 0 Å². The van der Waals surface area contributed by atoms with Gasteiger partial charge in [0, 0.05) is 40.0 Å². The van der Waals surface area contributed by atoms with E-state index in [2.05, 4.69) is 19.0 Å². The van der Waals surface area contributed by atoms with Crippen molar-refractivity contribution in [1.29, 1.82) is 0 Å². The minimum absolute atomic E-state index is 0.0765. The number of benzene rings is 1. The second-order valence-electron chi connectivity index (χ2n) is 10.4. The summed E-state index contributed by atoms with van der Waals surface area (Å²) in [5.74, 6) is 0.711. The number of Topliss-reactive ketones (excluding diaryl/α,β-unsaturated/α-hetero) is 1. The van der Waals surface area contributed by atoms with Gasteiger partial charge in [-0.2, -0.15) is 4.31 Å². The fourth-order valence-electron chi connectivity index (χ4n) is 4.54. The summed E-state index contributed by atoms with van der Waals surface area (Å²) in [6, 6.07) is 3.78. The Morgan fingerprint density at radius 3 is 2.00 bits per heavy atom. The maximum Gasteiger partial charge on any atom is 0.243 e. The summed E-state index contributed by atoms with van der Waals surface area (Å²) < 4.78 is 37.4. The Kier molecular flexibility index (Phi) is 14.5. The zero-order chi connectivity index (χ0) is 29.0. The Morgan fingerprint density at radius 2 is 1.55 bits per heavy atom. The van der Waals surface area contributed by atoms with E-state index >= 15 is 0 Å². The van der Waals surface area contributed by atoms with Gasteiger partial charge in [-0.1, -0.05) is 6.92 Å². The number of carbonyl (C=O) groups excluding carboxylic acids is 2. The minimum Gasteiger partial charge on any atom is -0.497 e. The number of sulfonamides is 1. The highest BCUT2D eigenvalue weighted by Crippen LogP contribution is 2.28. The topological polar surface area (TPSA) is 96.5 Å². The van der Waals surface area contributed by atoms with Gasteiger partial charge in [-0.15, -0.1) is 0 Å². The molecule has 0 spiro atoms. The van der Waals surface area contributed by atoms with E-state index in [1.165, 1.54) is 14.2 Å². The fraction of sp³-hybridized carbons (Fsp3) is 0.714. The SMILES string of the molecule is CC(=O)N(C)C1CCC(OCCN(C)C)CC1.CCCC(=O)CN(C)S(=O)(=O)c1c(C)cc(OC)cc1C. The van der Waals surface area contributed by atoms with Gasteiger partial charge in [-0.3, -0.25) is 9.59 Å². The number of likely N-dealkylation sites (N-methyl/N-ethyl adjacent to an activating group) is 2. The minimum atomic E-state index is -3.68. The number of methoxy groups -OCH3 is 1. The third-order valence-corrected chi connectivity index (χ3v) is 8.96. The maximum absolute atomic E-state index is 12.6. The summed E-state index contributed by atoms with van der Waals surface area (Å²) in [5.41, 5.74) is 1.23. The molecule has 1 fully saturated rings. The molecule has 10 heteroatoms. The van der Waals surface area contributed by atoms with Crippen molar-refractivity contribution in [2.75, 3.05) is 55.0 Å². The Labute approximate surface area is 230 Å². The maximum atomic E-state index is 12.6. The first-order valence-corrected chi connectivity index (χ1v) is 14.8. The van der Waals surface area contributed by atoms with Crippen LogP contribution in [0, 0.1) is 13.8 Å². The van der Waals surface area contributed by atoms with Gasteiger partial charge in [-0.05, 0) is 83.3 Å². The number of nitrogens with zero attached hydrogens (tertiary/aromatic N) is 3. The largest absolute Gasteiger partial charge is 0.497 e. The predicted molar refractivity (Wildman–Crippen MR) is 151 cm³/mol. The first-order valence-electron chi connectivity index (χ1n) is 13.4. The van der Waals surface area contributed by atoms with Crippen molar-refractivity contribution in [3.05, 3.63) is 23.3 Å². The molecule has 0 heterocycles. The molecular formula is C28H49N3O6S. The van der Waals surface area contributed by atoms with Gasteiger partial charge in [0.1, 0.15) is 11.5 Å². The van der Waals surface area contributed by atoms with Crippen LogP contribution < -0.4 is 4.74 Å². The van der Waals surface area contributed by atoms with Crippen LogP contribution in [0.1, 0.15) is 63.5 Å². The Hall–Kier alpha value is -2.01. The van der Waals surface area contributed by atoms with Crippen LogP contribution in [-0.4, -0.2) is 101 Å². The summed E-state index contributed by atoms with van der Waals surface area (Å²) in [5, 5.41) is 0. The third-order valence-electron chi connectivity index (χ3n) is 6.85. The summed E-state index contributed by atoms with van der Waals surface area (Å²) in [6.45, 7) is 8.68. The van der Waals surface area contributed by atoms with Gasteiger partial charge >= 0.3 is 0 Å². The molecule has 0 unspecified atom stereocenters. The van der Waals surface area contributed by atoms with E-state index in [-0.39, 0.29) is 23.1 Å². The molecule has 1 amide bonds. The monoisotopic (exact) mass is 555 g/mol. The predicted octanol–water partition coefficient (Wildman–Crippen LogP) is 3.66. The summed E-state index contributed by atoms with van der Waals surface area (Å²) in [4.78, 5) is 27.2. The summed E-state index contributed by atoms with van der Waals surface area (Å²) >= 11 is 0. The first kappa shape index (κ1) is 34.0. The van der Waals surface area contributed by atoms with Gasteiger partial charge in [-0.25, -0.2) is 8.42 Å². The lowest BCUT2D eigenvalue weighted by Crippen LogP contribution is -2.39. The highest BCUT2D eigenvalue weighted by Gasteiger charge is 2.27. The van der Waals surface area contributed by atoms with E-state index < -0.39 is 10.0 Å². The number of aryl methyl sites for hydroxylation is 2. The van der Waals surface area contributed by atoms with Crippen LogP contribution in [0.25, 0.3) is 0 Å². The van der Waals surface area contributed by atoms with Crippen LogP contribution >= 0.6 is 0 Å². The number of hydrogen-bond donors (Lipinski definition) is 0. The number of carbonyl (C=O) groups is 2. The van der Waals surface area contributed by atoms with E-state index in [0.29, 0.717) is 41.9 Å². The Morgan fingerprint density at radius 1 is 1.00 bits per heavy atom. The molecule has 0 aliphatic heterocycles. The number of rotatable bonds is 12. The van der Waals surface area contributed by atoms with Gasteiger partial charge in [0.15, 0.2) is 0 Å². The van der Waals surface area contributed by atoms with Crippen molar-refractivity contribution in [2.24, 2.45) is 0 Å². The molecule has 2 rings (SSSR count). The first-order chi connectivity index (χ1) is 17.7. The molecule has 0 saturated heterocycles. The molecule has 1 aromatic carbocycles. The Bertz CT molecular complexity index is 981. The molecule has 0 radical (unpaired) electrons. The van der Waals surface area contributed by atoms with Gasteiger partial charge < -0.3 is 19.3 Å². The molecule has 1 saturated carbocycles. The van der Waals surface area contributed by atoms with Gasteiger partial charge in [0.05, 0.1) is 31.3 Å². The molecule has 38 heavy (non-hydrogen) atoms. The van der Waals surface area contributed by atoms with Crippen LogP contribution in [0.3, 0.4) is 0 Å². The number of amides is 1. The van der Waals surface area contributed by atoms with E-state index in [9.17, 15) is 18.0 Å². The number of ether oxygens (including phenoxy) is 2. The van der Waals surface area contributed by atoms with Crippen LogP contribution in [0.5, 0.6) is 5.75 Å². The van der Waals surface area contributed by atoms with Crippen molar-refractivity contribution in [2.45, 2.75) is 83.3 Å². The zero-order valence-electron chi connectivity index (χ0n) is 24.9. The smallest absolute Gasteiger partial charge is 0.243 e. The highest BCUT2D eigenvalue weighted by molar-refractivity contribution is 7.89. The van der Waals surface area contributed by atoms with Crippen molar-refractivity contribution in [3.8, 4) is 5.75 Å². The van der Waals surface area contributed by atoms with Crippen molar-refractivity contribution in [3.63, 3.8) is 0 Å². The standard InChI is InChI=1S/C15H23NO4S.C13H26N2O2/c1-6-7-13(17)10-16(4)21(18,19)15-11(2)8-14(20-5)9-12(15)3;1-11(16)15(4)12-5-7-13(8-6-12)17-10-9-14(2)3/h8-9H,6-7,10H2,1-5H3;12-13H,5-10H2,1-4H3. The van der Waals surface area contributed by atoms with Gasteiger partial charge in [0.25, 0.3) is 0 Å². The molecule has 0 bridgehead atoms. The normalized spacial score (nSPS) is 17.7. The quantitative estimate of drug-likeness (QED) is 0.388. The number of ketones is 1. The second-order valence-corrected chi connectivity index (χ2v) is 12.4. The van der Waals surface area contributed by atoms with Crippen molar-refractivity contribution >= 4 is 21.7 Å². The lowest BCUT2D eigenvalue weighted by atomic mass is 9.92. The van der Waals surface area contributed by atoms with Crippen molar-refractivity contribution in [1.82, 2.24) is 14.1 Å². The molecular weight excluding hydrogens is 506 g/mol. The van der Waals surface area contributed by atoms with E-state index in [1.54, 1.807) is 32.9 Å². The molecule has 1 aliphatic rings. The van der Waals surface area contributed by atoms with E-state index in [1.807, 2.05) is 18.9 Å². The molecule has 1 aromatic rings.